The van der Waals surface area contributed by atoms with Crippen LogP contribution in [0.3, 0.4) is 0 Å². The van der Waals surface area contributed by atoms with Crippen molar-refractivity contribution in [3.05, 3.63) is 10.8 Å². The number of nitrogens with two attached hydrogens (primary N) is 1. The third kappa shape index (κ3) is 2.80. The minimum absolute atomic E-state index is 0.413. The molecule has 2 N–H and O–H groups in total. The number of hydrogen-bond donors (Lipinski definition) is 2. The smallest absolute Gasteiger partial charge is 0.193 e. The Morgan fingerprint density at radius 3 is 2.38 bits per heavy atom. The number of ether oxygens (including phenoxy) is 1. The van der Waals surface area contributed by atoms with E-state index in [1.54, 1.807) is 6.92 Å². The van der Waals surface area contributed by atoms with E-state index in [0.29, 0.717) is 12.5 Å². The van der Waals surface area contributed by atoms with Crippen LogP contribution in [0.4, 0.5) is 0 Å². The van der Waals surface area contributed by atoms with Gasteiger partial charge >= 0.3 is 0 Å². The number of hydrogen-bond acceptors (Lipinski definition) is 3. The van der Waals surface area contributed by atoms with Gasteiger partial charge < -0.3 is 10.5 Å². The first-order chi connectivity index (χ1) is 3.68. The van der Waals surface area contributed by atoms with Crippen LogP contribution in [0, 0.1) is 0 Å². The third-order valence-corrected chi connectivity index (χ3v) is 0.877. The molecule has 0 atom stereocenters. The van der Waals surface area contributed by atoms with Gasteiger partial charge in [-0.3, -0.25) is 0 Å². The van der Waals surface area contributed by atoms with Crippen molar-refractivity contribution in [2.45, 2.75) is 13.8 Å². The summed E-state index contributed by atoms with van der Waals surface area (Å²) in [6.45, 7) is 4.27. The van der Waals surface area contributed by atoms with Gasteiger partial charge in [0.2, 0.25) is 0 Å². The lowest BCUT2D eigenvalue weighted by atomic mass is 10.6. The number of allylic oxidation sites excluding steroid dienone is 1. The molecule has 0 aromatic carbocycles. The van der Waals surface area contributed by atoms with Gasteiger partial charge in [0.1, 0.15) is 0 Å². The quantitative estimate of drug-likeness (QED) is 0.437. The fourth-order valence-corrected chi connectivity index (χ4v) is 0.324. The largest absolute Gasteiger partial charge is 0.479 e. The molecule has 0 aromatic rings. The predicted octanol–water partition coefficient (Wildman–Crippen LogP) is 1.10. The van der Waals surface area contributed by atoms with E-state index < -0.39 is 0 Å². The Kier molecular flexibility index (Phi) is 3.52. The van der Waals surface area contributed by atoms with E-state index in [1.807, 2.05) is 6.92 Å². The van der Waals surface area contributed by atoms with Gasteiger partial charge in [0.25, 0.3) is 0 Å². The summed E-state index contributed by atoms with van der Waals surface area (Å²) in [4.78, 5) is 0.729. The minimum Gasteiger partial charge on any atom is -0.479 e. The molecule has 0 heterocycles. The van der Waals surface area contributed by atoms with Gasteiger partial charge in [0, 0.05) is 4.91 Å². The zero-order valence-corrected chi connectivity index (χ0v) is 6.03. The Labute approximate surface area is 55.1 Å². The molecule has 0 aliphatic carbocycles. The molecule has 0 amide bonds. The summed E-state index contributed by atoms with van der Waals surface area (Å²) in [6, 6.07) is 0. The highest BCUT2D eigenvalue weighted by atomic mass is 32.1. The molecule has 0 spiro atoms. The van der Waals surface area contributed by atoms with Crippen LogP contribution >= 0.6 is 12.6 Å². The topological polar surface area (TPSA) is 35.2 Å². The Morgan fingerprint density at radius 2 is 2.25 bits per heavy atom. The van der Waals surface area contributed by atoms with Crippen molar-refractivity contribution in [1.82, 2.24) is 0 Å². The fourth-order valence-electron chi connectivity index (χ4n) is 0.260. The van der Waals surface area contributed by atoms with E-state index in [2.05, 4.69) is 12.6 Å². The molecule has 0 aromatic heterocycles. The lowest BCUT2D eigenvalue weighted by molar-refractivity contribution is 0.225. The van der Waals surface area contributed by atoms with Crippen molar-refractivity contribution in [2.75, 3.05) is 6.61 Å². The summed E-state index contributed by atoms with van der Waals surface area (Å²) in [6.07, 6.45) is 0. The molecule has 0 aliphatic rings. The standard InChI is InChI=1S/C5H11NOS/c1-3-7-5(6)4(2)8/h8H,3,6H2,1-2H3/b5-4+. The van der Waals surface area contributed by atoms with Crippen molar-refractivity contribution in [2.24, 2.45) is 5.73 Å². The second-order valence-corrected chi connectivity index (χ2v) is 2.05. The second kappa shape index (κ2) is 3.66. The number of rotatable bonds is 2. The van der Waals surface area contributed by atoms with E-state index in [4.69, 9.17) is 10.5 Å². The monoisotopic (exact) mass is 133 g/mol. The summed E-state index contributed by atoms with van der Waals surface area (Å²) < 4.78 is 4.88. The molecule has 0 rings (SSSR count). The molecule has 0 saturated heterocycles. The summed E-state index contributed by atoms with van der Waals surface area (Å²) in [5.74, 6) is 0.413. The molecule has 0 bridgehead atoms. The zero-order valence-electron chi connectivity index (χ0n) is 5.14. The average Bonchev–Trinajstić information content (AvgIpc) is 1.67. The summed E-state index contributed by atoms with van der Waals surface area (Å²) in [7, 11) is 0. The first-order valence-corrected chi connectivity index (χ1v) is 2.91. The number of thiol groups is 1. The maximum atomic E-state index is 5.31. The molecule has 8 heavy (non-hydrogen) atoms. The molecule has 3 heteroatoms. The normalized spacial score (nSPS) is 12.9. The maximum Gasteiger partial charge on any atom is 0.193 e. The van der Waals surface area contributed by atoms with Gasteiger partial charge in [-0.2, -0.15) is 0 Å². The van der Waals surface area contributed by atoms with Crippen LogP contribution in [-0.4, -0.2) is 6.61 Å². The summed E-state index contributed by atoms with van der Waals surface area (Å²) in [5, 5.41) is 0. The average molecular weight is 133 g/mol. The lowest BCUT2D eigenvalue weighted by Gasteiger charge is -2.01. The van der Waals surface area contributed by atoms with Crippen LogP contribution in [-0.2, 0) is 4.74 Å². The summed E-state index contributed by atoms with van der Waals surface area (Å²) in [5.41, 5.74) is 5.31. The van der Waals surface area contributed by atoms with Crippen LogP contribution in [0.2, 0.25) is 0 Å². The van der Waals surface area contributed by atoms with Crippen LogP contribution < -0.4 is 5.73 Å². The molecule has 0 unspecified atom stereocenters. The highest BCUT2D eigenvalue weighted by Gasteiger charge is 1.88. The maximum absolute atomic E-state index is 5.31. The van der Waals surface area contributed by atoms with Crippen molar-refractivity contribution in [3.63, 3.8) is 0 Å². The predicted molar refractivity (Wildman–Crippen MR) is 37.5 cm³/mol. The van der Waals surface area contributed by atoms with Crippen LogP contribution in [0.5, 0.6) is 0 Å². The van der Waals surface area contributed by atoms with Crippen LogP contribution in [0.1, 0.15) is 13.8 Å². The first kappa shape index (κ1) is 7.69. The van der Waals surface area contributed by atoms with Crippen molar-refractivity contribution >= 4 is 12.6 Å². The lowest BCUT2D eigenvalue weighted by Crippen LogP contribution is -2.03. The fraction of sp³-hybridized carbons (Fsp3) is 0.600. The second-order valence-electron chi connectivity index (χ2n) is 1.38. The van der Waals surface area contributed by atoms with Crippen molar-refractivity contribution in [1.29, 1.82) is 0 Å². The molecule has 2 nitrogen and oxygen atoms in total. The van der Waals surface area contributed by atoms with Gasteiger partial charge in [-0.25, -0.2) is 0 Å². The van der Waals surface area contributed by atoms with Crippen molar-refractivity contribution < 1.29 is 4.74 Å². The SMILES string of the molecule is CCO/C(N)=C(\C)S. The highest BCUT2D eigenvalue weighted by molar-refractivity contribution is 7.84. The Balaban J connectivity index is 3.62. The van der Waals surface area contributed by atoms with Crippen LogP contribution in [0.15, 0.2) is 10.8 Å². The summed E-state index contributed by atoms with van der Waals surface area (Å²) >= 11 is 3.96. The van der Waals surface area contributed by atoms with E-state index in [1.165, 1.54) is 0 Å². The van der Waals surface area contributed by atoms with Gasteiger partial charge in [0.05, 0.1) is 6.61 Å². The molecule has 48 valence electrons. The van der Waals surface area contributed by atoms with E-state index in [9.17, 15) is 0 Å². The Bertz CT molecular complexity index is 96.6. The molecule has 0 radical (unpaired) electrons. The van der Waals surface area contributed by atoms with Crippen LogP contribution in [0.25, 0.3) is 0 Å². The first-order valence-electron chi connectivity index (χ1n) is 2.46. The Hall–Kier alpha value is -0.310. The van der Waals surface area contributed by atoms with E-state index >= 15 is 0 Å². The van der Waals surface area contributed by atoms with Gasteiger partial charge in [-0.1, -0.05) is 0 Å². The van der Waals surface area contributed by atoms with E-state index in [-0.39, 0.29) is 0 Å². The van der Waals surface area contributed by atoms with Gasteiger partial charge in [-0.05, 0) is 13.8 Å². The van der Waals surface area contributed by atoms with E-state index in [0.717, 1.165) is 4.91 Å². The minimum atomic E-state index is 0.413. The molecule has 0 aliphatic heterocycles. The van der Waals surface area contributed by atoms with Gasteiger partial charge in [0.15, 0.2) is 5.88 Å². The highest BCUT2D eigenvalue weighted by Crippen LogP contribution is 2.01. The molecular formula is C5H11NOS. The third-order valence-electron chi connectivity index (χ3n) is 0.656. The zero-order chi connectivity index (χ0) is 6.57. The molecular weight excluding hydrogens is 122 g/mol. The Morgan fingerprint density at radius 1 is 1.75 bits per heavy atom. The van der Waals surface area contributed by atoms with Gasteiger partial charge in [-0.15, -0.1) is 12.6 Å². The molecule has 0 fully saturated rings. The van der Waals surface area contributed by atoms with Crippen molar-refractivity contribution in [3.8, 4) is 0 Å². The molecule has 0 saturated carbocycles.